The first-order chi connectivity index (χ1) is 10.7. The Morgan fingerprint density at radius 3 is 2.39 bits per heavy atom. The summed E-state index contributed by atoms with van der Waals surface area (Å²) in [5.41, 5.74) is 3.99. The van der Waals surface area contributed by atoms with Gasteiger partial charge in [0, 0.05) is 5.92 Å². The zero-order chi connectivity index (χ0) is 17.3. The highest BCUT2D eigenvalue weighted by Gasteiger charge is 2.44. The van der Waals surface area contributed by atoms with Crippen molar-refractivity contribution in [2.24, 2.45) is 5.92 Å². The quantitative estimate of drug-likeness (QED) is 0.404. The smallest absolute Gasteiger partial charge is 0.192 e. The van der Waals surface area contributed by atoms with Crippen LogP contribution in [0.2, 0.25) is 18.1 Å². The molecule has 1 nitrogen and oxygen atoms in total. The van der Waals surface area contributed by atoms with Crippen molar-refractivity contribution in [2.75, 3.05) is 0 Å². The van der Waals surface area contributed by atoms with Gasteiger partial charge >= 0.3 is 0 Å². The van der Waals surface area contributed by atoms with Gasteiger partial charge in [-0.15, -0.1) is 0 Å². The van der Waals surface area contributed by atoms with Crippen LogP contribution in [-0.2, 0) is 4.43 Å². The summed E-state index contributed by atoms with van der Waals surface area (Å²) >= 11 is 0. The van der Waals surface area contributed by atoms with Crippen LogP contribution in [0.5, 0.6) is 0 Å². The van der Waals surface area contributed by atoms with E-state index in [-0.39, 0.29) is 11.1 Å². The Balaban J connectivity index is 2.30. The van der Waals surface area contributed by atoms with Crippen molar-refractivity contribution in [1.82, 2.24) is 0 Å². The Labute approximate surface area is 144 Å². The minimum absolute atomic E-state index is 0.205. The van der Waals surface area contributed by atoms with Crippen LogP contribution in [-0.4, -0.2) is 8.32 Å². The molecule has 0 bridgehead atoms. The number of unbranched alkanes of at least 4 members (excludes halogenated alkanes) is 2. The topological polar surface area (TPSA) is 9.23 Å². The third-order valence-corrected chi connectivity index (χ3v) is 10.2. The summed E-state index contributed by atoms with van der Waals surface area (Å²) in [6.45, 7) is 18.4. The van der Waals surface area contributed by atoms with Crippen LogP contribution in [0.15, 0.2) is 30.8 Å². The first-order valence-corrected chi connectivity index (χ1v) is 12.1. The number of hydrogen-bond donors (Lipinski definition) is 0. The second-order valence-electron chi connectivity index (χ2n) is 8.51. The summed E-state index contributed by atoms with van der Waals surface area (Å²) in [6.07, 6.45) is 5.23. The predicted octanol–water partition coefficient (Wildman–Crippen LogP) is 6.97. The Morgan fingerprint density at radius 1 is 1.13 bits per heavy atom. The summed E-state index contributed by atoms with van der Waals surface area (Å²) in [4.78, 5) is 0. The molecule has 1 aliphatic rings. The molecule has 2 heteroatoms. The van der Waals surface area contributed by atoms with Crippen LogP contribution in [0.25, 0.3) is 5.57 Å². The van der Waals surface area contributed by atoms with Gasteiger partial charge in [-0.1, -0.05) is 77.8 Å². The first kappa shape index (κ1) is 18.5. The highest BCUT2D eigenvalue weighted by molar-refractivity contribution is 6.74. The summed E-state index contributed by atoms with van der Waals surface area (Å²) < 4.78 is 6.88. The first-order valence-electron chi connectivity index (χ1n) is 9.15. The van der Waals surface area contributed by atoms with Gasteiger partial charge in [0.05, 0.1) is 6.10 Å². The zero-order valence-corrected chi connectivity index (χ0v) is 16.9. The van der Waals surface area contributed by atoms with Crippen LogP contribution in [0.3, 0.4) is 0 Å². The minimum Gasteiger partial charge on any atom is -0.409 e. The van der Waals surface area contributed by atoms with Gasteiger partial charge in [-0.2, -0.15) is 0 Å². The van der Waals surface area contributed by atoms with E-state index >= 15 is 0 Å². The molecule has 128 valence electrons. The maximum Gasteiger partial charge on any atom is 0.192 e. The molecule has 1 aliphatic carbocycles. The van der Waals surface area contributed by atoms with Gasteiger partial charge in [0.25, 0.3) is 0 Å². The average Bonchev–Trinajstić information content (AvgIpc) is 2.72. The van der Waals surface area contributed by atoms with Crippen molar-refractivity contribution >= 4 is 13.9 Å². The fraction of sp³-hybridized carbons (Fsp3) is 0.619. The fourth-order valence-electron chi connectivity index (χ4n) is 3.22. The molecule has 0 spiro atoms. The Morgan fingerprint density at radius 2 is 1.78 bits per heavy atom. The van der Waals surface area contributed by atoms with Crippen molar-refractivity contribution in [3.63, 3.8) is 0 Å². The Kier molecular flexibility index (Phi) is 5.58. The molecule has 0 unspecified atom stereocenters. The molecule has 1 aromatic rings. The zero-order valence-electron chi connectivity index (χ0n) is 15.9. The van der Waals surface area contributed by atoms with Crippen molar-refractivity contribution in [3.05, 3.63) is 42.0 Å². The summed E-state index contributed by atoms with van der Waals surface area (Å²) in [5, 5.41) is 0.236. The van der Waals surface area contributed by atoms with Crippen LogP contribution in [0, 0.1) is 5.92 Å². The Bertz CT molecular complexity index is 553. The summed E-state index contributed by atoms with van der Waals surface area (Å²) in [7, 11) is -1.80. The maximum atomic E-state index is 6.88. The largest absolute Gasteiger partial charge is 0.409 e. The SMILES string of the molecule is C=C1c2ccccc2[C@H](O[Si](C)(C)C(C)(C)C)[C@H]1CCCCC. The molecule has 0 radical (unpaired) electrons. The van der Waals surface area contributed by atoms with E-state index in [0.717, 1.165) is 0 Å². The van der Waals surface area contributed by atoms with E-state index in [0.29, 0.717) is 5.92 Å². The lowest BCUT2D eigenvalue weighted by Crippen LogP contribution is -2.42. The van der Waals surface area contributed by atoms with Crippen molar-refractivity contribution < 1.29 is 4.43 Å². The van der Waals surface area contributed by atoms with Crippen molar-refractivity contribution in [1.29, 1.82) is 0 Å². The van der Waals surface area contributed by atoms with Gasteiger partial charge in [0.2, 0.25) is 0 Å². The number of fused-ring (bicyclic) bond motifs is 1. The predicted molar refractivity (Wildman–Crippen MR) is 104 cm³/mol. The molecular formula is C21H34OSi. The molecule has 2 atom stereocenters. The van der Waals surface area contributed by atoms with Crippen molar-refractivity contribution in [3.8, 4) is 0 Å². The average molecular weight is 331 g/mol. The second kappa shape index (κ2) is 6.94. The van der Waals surface area contributed by atoms with E-state index in [1.54, 1.807) is 0 Å². The monoisotopic (exact) mass is 330 g/mol. The minimum atomic E-state index is -1.80. The maximum absolute atomic E-state index is 6.88. The third kappa shape index (κ3) is 3.80. The normalized spacial score (nSPS) is 21.6. The number of hydrogen-bond acceptors (Lipinski definition) is 1. The third-order valence-electron chi connectivity index (χ3n) is 5.77. The standard InChI is InChI=1S/C21H34OSi/c1-8-9-10-14-18-16(2)17-13-11-12-15-19(17)20(18)22-23(6,7)21(3,4)5/h11-13,15,18,20H,2,8-10,14H2,1,3-7H3/t18-,20+/m0/s1. The molecular weight excluding hydrogens is 296 g/mol. The van der Waals surface area contributed by atoms with E-state index in [9.17, 15) is 0 Å². The van der Waals surface area contributed by atoms with Crippen LogP contribution >= 0.6 is 0 Å². The lowest BCUT2D eigenvalue weighted by Gasteiger charge is -2.40. The fourth-order valence-corrected chi connectivity index (χ4v) is 4.50. The second-order valence-corrected chi connectivity index (χ2v) is 13.3. The van der Waals surface area contributed by atoms with E-state index < -0.39 is 8.32 Å². The highest BCUT2D eigenvalue weighted by Crippen LogP contribution is 2.51. The molecule has 0 amide bonds. The van der Waals surface area contributed by atoms with Crippen LogP contribution in [0.1, 0.15) is 70.6 Å². The molecule has 0 fully saturated rings. The van der Waals surface area contributed by atoms with E-state index in [1.807, 2.05) is 0 Å². The van der Waals surface area contributed by atoms with Gasteiger partial charge in [-0.05, 0) is 41.3 Å². The molecule has 0 aromatic heterocycles. The highest BCUT2D eigenvalue weighted by atomic mass is 28.4. The lowest BCUT2D eigenvalue weighted by molar-refractivity contribution is 0.145. The molecule has 0 heterocycles. The van der Waals surface area contributed by atoms with Crippen LogP contribution < -0.4 is 0 Å². The van der Waals surface area contributed by atoms with Gasteiger partial charge in [0.15, 0.2) is 8.32 Å². The number of rotatable bonds is 6. The summed E-state index contributed by atoms with van der Waals surface area (Å²) in [5.74, 6) is 0.452. The van der Waals surface area contributed by atoms with E-state index in [1.165, 1.54) is 42.4 Å². The molecule has 2 rings (SSSR count). The molecule has 0 saturated carbocycles. The van der Waals surface area contributed by atoms with E-state index in [2.05, 4.69) is 71.6 Å². The van der Waals surface area contributed by atoms with Gasteiger partial charge in [0.1, 0.15) is 0 Å². The van der Waals surface area contributed by atoms with Crippen LogP contribution in [0.4, 0.5) is 0 Å². The van der Waals surface area contributed by atoms with Gasteiger partial charge < -0.3 is 4.43 Å². The van der Waals surface area contributed by atoms with Gasteiger partial charge in [-0.3, -0.25) is 0 Å². The molecule has 0 aliphatic heterocycles. The molecule has 1 aromatic carbocycles. The van der Waals surface area contributed by atoms with E-state index in [4.69, 9.17) is 4.43 Å². The van der Waals surface area contributed by atoms with Crippen molar-refractivity contribution in [2.45, 2.75) is 77.6 Å². The molecule has 0 N–H and O–H groups in total. The summed E-state index contributed by atoms with van der Waals surface area (Å²) in [6, 6.07) is 8.74. The number of benzene rings is 1. The Hall–Kier alpha value is -0.863. The molecule has 23 heavy (non-hydrogen) atoms. The lowest BCUT2D eigenvalue weighted by atomic mass is 9.93. The molecule has 0 saturated heterocycles. The van der Waals surface area contributed by atoms with Gasteiger partial charge in [-0.25, -0.2) is 0 Å².